The van der Waals surface area contributed by atoms with E-state index in [0.29, 0.717) is 11.0 Å². The summed E-state index contributed by atoms with van der Waals surface area (Å²) in [4.78, 5) is 25.9. The zero-order valence-electron chi connectivity index (χ0n) is 11.4. The molecular formula is C14H18N2O3. The van der Waals surface area contributed by atoms with Gasteiger partial charge in [0.1, 0.15) is 0 Å². The van der Waals surface area contributed by atoms with Crippen molar-refractivity contribution < 1.29 is 9.90 Å². The highest BCUT2D eigenvalue weighted by Crippen LogP contribution is 2.25. The van der Waals surface area contributed by atoms with Crippen molar-refractivity contribution in [2.75, 3.05) is 0 Å². The highest BCUT2D eigenvalue weighted by Gasteiger charge is 2.24. The minimum absolute atomic E-state index is 0.188. The molecule has 1 aromatic carbocycles. The van der Waals surface area contributed by atoms with Crippen molar-refractivity contribution >= 4 is 17.0 Å². The summed E-state index contributed by atoms with van der Waals surface area (Å²) in [5.41, 5.74) is 0.951. The SMILES string of the molecule is CCCC(C)(C)n1c(=O)[nH]c2ccc(C(=O)O)cc21. The van der Waals surface area contributed by atoms with Gasteiger partial charge in [-0.15, -0.1) is 0 Å². The van der Waals surface area contributed by atoms with E-state index in [1.165, 1.54) is 6.07 Å². The standard InChI is InChI=1S/C14H18N2O3/c1-4-7-14(2,3)16-11-8-9(12(17)18)5-6-10(11)15-13(16)19/h5-6,8H,4,7H2,1-3H3,(H,15,19)(H,17,18). The Balaban J connectivity index is 2.72. The van der Waals surface area contributed by atoms with Gasteiger partial charge in [0.2, 0.25) is 0 Å². The Morgan fingerprint density at radius 1 is 1.42 bits per heavy atom. The summed E-state index contributed by atoms with van der Waals surface area (Å²) in [6.07, 6.45) is 1.79. The number of hydrogen-bond donors (Lipinski definition) is 2. The third kappa shape index (κ3) is 2.28. The van der Waals surface area contributed by atoms with Crippen molar-refractivity contribution in [2.45, 2.75) is 39.2 Å². The maximum absolute atomic E-state index is 12.1. The number of imidazole rings is 1. The molecule has 0 saturated heterocycles. The number of carbonyl (C=O) groups is 1. The molecule has 0 amide bonds. The van der Waals surface area contributed by atoms with Gasteiger partial charge in [-0.3, -0.25) is 4.57 Å². The molecule has 0 aliphatic carbocycles. The molecular weight excluding hydrogens is 244 g/mol. The fourth-order valence-electron chi connectivity index (χ4n) is 2.56. The predicted octanol–water partition coefficient (Wildman–Crippen LogP) is 2.56. The van der Waals surface area contributed by atoms with Crippen LogP contribution in [0.2, 0.25) is 0 Å². The van der Waals surface area contributed by atoms with Crippen LogP contribution in [0.25, 0.3) is 11.0 Å². The molecule has 19 heavy (non-hydrogen) atoms. The monoisotopic (exact) mass is 262 g/mol. The summed E-state index contributed by atoms with van der Waals surface area (Å²) < 4.78 is 1.65. The number of hydrogen-bond acceptors (Lipinski definition) is 2. The Hall–Kier alpha value is -2.04. The summed E-state index contributed by atoms with van der Waals surface area (Å²) in [6.45, 7) is 6.03. The fourth-order valence-corrected chi connectivity index (χ4v) is 2.56. The maximum atomic E-state index is 12.1. The quantitative estimate of drug-likeness (QED) is 0.889. The lowest BCUT2D eigenvalue weighted by Gasteiger charge is -2.26. The molecule has 0 radical (unpaired) electrons. The van der Waals surface area contributed by atoms with Crippen molar-refractivity contribution in [3.8, 4) is 0 Å². The lowest BCUT2D eigenvalue weighted by atomic mass is 9.98. The van der Waals surface area contributed by atoms with E-state index in [0.717, 1.165) is 12.8 Å². The summed E-state index contributed by atoms with van der Waals surface area (Å²) in [5.74, 6) is -0.990. The zero-order valence-corrected chi connectivity index (χ0v) is 11.4. The van der Waals surface area contributed by atoms with E-state index in [4.69, 9.17) is 5.11 Å². The van der Waals surface area contributed by atoms with Crippen molar-refractivity contribution in [1.82, 2.24) is 9.55 Å². The van der Waals surface area contributed by atoms with Crippen LogP contribution in [0.4, 0.5) is 0 Å². The maximum Gasteiger partial charge on any atom is 0.335 e. The molecule has 5 heteroatoms. The molecule has 2 aromatic rings. The van der Waals surface area contributed by atoms with Crippen molar-refractivity contribution in [3.05, 3.63) is 34.2 Å². The number of nitrogens with one attached hydrogen (secondary N) is 1. The number of rotatable bonds is 4. The zero-order chi connectivity index (χ0) is 14.2. The first-order valence-corrected chi connectivity index (χ1v) is 6.35. The summed E-state index contributed by atoms with van der Waals surface area (Å²) >= 11 is 0. The highest BCUT2D eigenvalue weighted by atomic mass is 16.4. The number of fused-ring (bicyclic) bond motifs is 1. The molecule has 1 aromatic heterocycles. The van der Waals surface area contributed by atoms with Crippen molar-refractivity contribution in [1.29, 1.82) is 0 Å². The minimum atomic E-state index is -0.990. The van der Waals surface area contributed by atoms with Crippen LogP contribution in [0.5, 0.6) is 0 Å². The first-order valence-electron chi connectivity index (χ1n) is 6.35. The number of aromatic amines is 1. The number of benzene rings is 1. The van der Waals surface area contributed by atoms with Gasteiger partial charge in [0.25, 0.3) is 0 Å². The fraction of sp³-hybridized carbons (Fsp3) is 0.429. The normalized spacial score (nSPS) is 11.9. The molecule has 0 bridgehead atoms. The average molecular weight is 262 g/mol. The molecule has 0 fully saturated rings. The lowest BCUT2D eigenvalue weighted by Crippen LogP contribution is -2.34. The predicted molar refractivity (Wildman–Crippen MR) is 73.7 cm³/mol. The van der Waals surface area contributed by atoms with Crippen LogP contribution in [-0.4, -0.2) is 20.6 Å². The summed E-state index contributed by atoms with van der Waals surface area (Å²) in [6, 6.07) is 4.68. The molecule has 102 valence electrons. The molecule has 0 spiro atoms. The van der Waals surface area contributed by atoms with E-state index < -0.39 is 5.97 Å². The molecule has 0 atom stereocenters. The van der Waals surface area contributed by atoms with Crippen LogP contribution in [0.3, 0.4) is 0 Å². The molecule has 0 saturated carbocycles. The van der Waals surface area contributed by atoms with Crippen LogP contribution < -0.4 is 5.69 Å². The van der Waals surface area contributed by atoms with Crippen LogP contribution >= 0.6 is 0 Å². The molecule has 2 N–H and O–H groups in total. The smallest absolute Gasteiger partial charge is 0.335 e. The van der Waals surface area contributed by atoms with E-state index >= 15 is 0 Å². The summed E-state index contributed by atoms with van der Waals surface area (Å²) in [5, 5.41) is 9.05. The molecule has 0 unspecified atom stereocenters. The molecule has 0 aliphatic heterocycles. The van der Waals surface area contributed by atoms with Gasteiger partial charge in [-0.2, -0.15) is 0 Å². The molecule has 0 aliphatic rings. The molecule has 5 nitrogen and oxygen atoms in total. The van der Waals surface area contributed by atoms with Gasteiger partial charge < -0.3 is 10.1 Å². The Kier molecular flexibility index (Phi) is 3.22. The van der Waals surface area contributed by atoms with Crippen LogP contribution in [0.15, 0.2) is 23.0 Å². The largest absolute Gasteiger partial charge is 0.478 e. The number of carboxylic acids is 1. The van der Waals surface area contributed by atoms with E-state index in [-0.39, 0.29) is 16.8 Å². The van der Waals surface area contributed by atoms with Crippen LogP contribution in [0, 0.1) is 0 Å². The Morgan fingerprint density at radius 3 is 2.68 bits per heavy atom. The van der Waals surface area contributed by atoms with Crippen molar-refractivity contribution in [3.63, 3.8) is 0 Å². The van der Waals surface area contributed by atoms with Crippen LogP contribution in [0.1, 0.15) is 44.0 Å². The number of aromatic carboxylic acids is 1. The average Bonchev–Trinajstić information content (AvgIpc) is 2.63. The highest BCUT2D eigenvalue weighted by molar-refractivity contribution is 5.92. The van der Waals surface area contributed by atoms with E-state index in [9.17, 15) is 9.59 Å². The number of nitrogens with zero attached hydrogens (tertiary/aromatic N) is 1. The van der Waals surface area contributed by atoms with E-state index in [2.05, 4.69) is 11.9 Å². The Bertz CT molecular complexity index is 680. The first kappa shape index (κ1) is 13.4. The van der Waals surface area contributed by atoms with Gasteiger partial charge in [0, 0.05) is 5.54 Å². The van der Waals surface area contributed by atoms with Gasteiger partial charge in [-0.1, -0.05) is 13.3 Å². The number of H-pyrrole nitrogens is 1. The topological polar surface area (TPSA) is 75.1 Å². The third-order valence-electron chi connectivity index (χ3n) is 3.40. The second kappa shape index (κ2) is 4.57. The second-order valence-corrected chi connectivity index (χ2v) is 5.37. The number of aromatic nitrogens is 2. The molecule has 1 heterocycles. The van der Waals surface area contributed by atoms with Gasteiger partial charge >= 0.3 is 11.7 Å². The van der Waals surface area contributed by atoms with Gasteiger partial charge in [-0.05, 0) is 38.5 Å². The van der Waals surface area contributed by atoms with Gasteiger partial charge in [0.05, 0.1) is 16.6 Å². The van der Waals surface area contributed by atoms with Crippen molar-refractivity contribution in [2.24, 2.45) is 0 Å². The number of carboxylic acid groups (broad SMARTS) is 1. The van der Waals surface area contributed by atoms with Gasteiger partial charge in [-0.25, -0.2) is 9.59 Å². The summed E-state index contributed by atoms with van der Waals surface area (Å²) in [7, 11) is 0. The first-order chi connectivity index (χ1) is 8.86. The van der Waals surface area contributed by atoms with E-state index in [1.807, 2.05) is 13.8 Å². The molecule has 2 rings (SSSR count). The Labute approximate surface area is 110 Å². The Morgan fingerprint density at radius 2 is 2.11 bits per heavy atom. The second-order valence-electron chi connectivity index (χ2n) is 5.37. The minimum Gasteiger partial charge on any atom is -0.478 e. The van der Waals surface area contributed by atoms with Crippen LogP contribution in [-0.2, 0) is 5.54 Å². The van der Waals surface area contributed by atoms with Gasteiger partial charge in [0.15, 0.2) is 0 Å². The third-order valence-corrected chi connectivity index (χ3v) is 3.40. The van der Waals surface area contributed by atoms with E-state index in [1.54, 1.807) is 16.7 Å². The lowest BCUT2D eigenvalue weighted by molar-refractivity contribution is 0.0697.